The number of nitrogens with one attached hydrogen (secondary N) is 1. The van der Waals surface area contributed by atoms with E-state index in [9.17, 15) is 5.26 Å². The lowest BCUT2D eigenvalue weighted by molar-refractivity contribution is 0.330. The first kappa shape index (κ1) is 23.3. The first-order valence-electron chi connectivity index (χ1n) is 12.9. The molecule has 1 aromatic carbocycles. The summed E-state index contributed by atoms with van der Waals surface area (Å²) in [6.45, 7) is 4.45. The standard InChI is InChI=1S/C28H36N5P/c1-3-20-12-15-24-25(17-29)28(32(27(24)16-20)22-8-5-4-6-9-22)26-11-7-10-23(18-30-26)33(34)31-19(2)21-13-14-21/h7,11-12,15-16,18-19,21-22,31H,3-6,8-10,13-14,34H2,1-2H3/t19-/m0/s1. The minimum Gasteiger partial charge on any atom is -0.335 e. The van der Waals surface area contributed by atoms with E-state index in [0.717, 1.165) is 46.8 Å². The van der Waals surface area contributed by atoms with E-state index in [2.05, 4.69) is 74.4 Å². The predicted molar refractivity (Wildman–Crippen MR) is 143 cm³/mol. The molecular weight excluding hydrogens is 437 g/mol. The molecule has 0 saturated heterocycles. The number of aryl methyl sites for hydroxylation is 1. The lowest BCUT2D eigenvalue weighted by atomic mass is 9.94. The van der Waals surface area contributed by atoms with Crippen molar-refractivity contribution in [3.05, 3.63) is 59.1 Å². The number of rotatable bonds is 7. The first-order chi connectivity index (χ1) is 16.6. The second kappa shape index (κ2) is 10.1. The average Bonchev–Trinajstić information content (AvgIpc) is 3.69. The molecular formula is C28H36N5P. The van der Waals surface area contributed by atoms with Crippen LogP contribution < -0.4 is 5.43 Å². The van der Waals surface area contributed by atoms with Crippen molar-refractivity contribution in [2.45, 2.75) is 83.7 Å². The molecule has 2 aliphatic carbocycles. The molecule has 0 bridgehead atoms. The van der Waals surface area contributed by atoms with Gasteiger partial charge in [0.2, 0.25) is 0 Å². The Hall–Kier alpha value is -2.41. The van der Waals surface area contributed by atoms with Crippen molar-refractivity contribution in [1.82, 2.24) is 14.8 Å². The van der Waals surface area contributed by atoms with Gasteiger partial charge in [-0.3, -0.25) is 9.77 Å². The Labute approximate surface area is 205 Å². The summed E-state index contributed by atoms with van der Waals surface area (Å²) >= 11 is 0. The molecule has 1 aromatic heterocycles. The third-order valence-corrected chi connectivity index (χ3v) is 8.19. The van der Waals surface area contributed by atoms with Gasteiger partial charge in [0, 0.05) is 30.1 Å². The second-order valence-electron chi connectivity index (χ2n) is 10.1. The van der Waals surface area contributed by atoms with Crippen LogP contribution in [-0.2, 0) is 6.42 Å². The summed E-state index contributed by atoms with van der Waals surface area (Å²) in [5, 5.41) is 11.3. The van der Waals surface area contributed by atoms with Crippen molar-refractivity contribution < 1.29 is 0 Å². The fourth-order valence-electron chi connectivity index (χ4n) is 5.50. The van der Waals surface area contributed by atoms with Gasteiger partial charge >= 0.3 is 0 Å². The van der Waals surface area contributed by atoms with E-state index in [4.69, 9.17) is 4.99 Å². The highest BCUT2D eigenvalue weighted by molar-refractivity contribution is 7.13. The molecule has 0 spiro atoms. The van der Waals surface area contributed by atoms with Crippen molar-refractivity contribution in [2.75, 3.05) is 0 Å². The third-order valence-electron chi connectivity index (χ3n) is 7.71. The fourth-order valence-corrected chi connectivity index (χ4v) is 5.90. The number of benzene rings is 1. The molecule has 0 amide bonds. The maximum atomic E-state index is 10.3. The van der Waals surface area contributed by atoms with Gasteiger partial charge in [0.05, 0.1) is 28.2 Å². The molecule has 2 aromatic rings. The number of hydrogen-bond donors (Lipinski definition) is 1. The molecule has 0 radical (unpaired) electrons. The van der Waals surface area contributed by atoms with Gasteiger partial charge in [0.15, 0.2) is 0 Å². The summed E-state index contributed by atoms with van der Waals surface area (Å²) < 4.78 is 4.51. The smallest absolute Gasteiger partial charge is 0.102 e. The quantitative estimate of drug-likeness (QED) is 0.366. The normalized spacial score (nSPS) is 19.9. The lowest BCUT2D eigenvalue weighted by Crippen LogP contribution is -2.37. The lowest BCUT2D eigenvalue weighted by Gasteiger charge is -2.26. The predicted octanol–water partition coefficient (Wildman–Crippen LogP) is 6.57. The second-order valence-corrected chi connectivity index (χ2v) is 10.6. The summed E-state index contributed by atoms with van der Waals surface area (Å²) in [6, 6.07) is 10.0. The van der Waals surface area contributed by atoms with Crippen molar-refractivity contribution in [3.8, 4) is 6.07 Å². The summed E-state index contributed by atoms with van der Waals surface area (Å²) in [4.78, 5) is 4.97. The van der Waals surface area contributed by atoms with Crippen LogP contribution >= 0.6 is 9.39 Å². The maximum absolute atomic E-state index is 10.3. The Kier molecular flexibility index (Phi) is 6.91. The minimum absolute atomic E-state index is 0.419. The largest absolute Gasteiger partial charge is 0.335 e. The van der Waals surface area contributed by atoms with E-state index in [1.165, 1.54) is 56.0 Å². The molecule has 2 fully saturated rings. The molecule has 1 aliphatic heterocycles. The van der Waals surface area contributed by atoms with Gasteiger partial charge in [-0.1, -0.05) is 44.4 Å². The van der Waals surface area contributed by atoms with E-state index >= 15 is 0 Å². The zero-order valence-electron chi connectivity index (χ0n) is 20.4. The van der Waals surface area contributed by atoms with Gasteiger partial charge in [0.1, 0.15) is 6.07 Å². The van der Waals surface area contributed by atoms with E-state index in [-0.39, 0.29) is 0 Å². The average molecular weight is 474 g/mol. The van der Waals surface area contributed by atoms with Crippen LogP contribution in [0.25, 0.3) is 10.9 Å². The number of nitrogens with zero attached hydrogens (tertiary/aromatic N) is 4. The number of aliphatic imine (C=N–C) groups is 1. The zero-order valence-corrected chi connectivity index (χ0v) is 21.6. The molecule has 2 atom stereocenters. The van der Waals surface area contributed by atoms with Crippen LogP contribution in [0, 0.1) is 17.2 Å². The Bertz CT molecular complexity index is 1190. The maximum Gasteiger partial charge on any atom is 0.102 e. The van der Waals surface area contributed by atoms with Crippen LogP contribution in [0.5, 0.6) is 0 Å². The Morgan fingerprint density at radius 2 is 2.03 bits per heavy atom. The van der Waals surface area contributed by atoms with Crippen LogP contribution in [0.4, 0.5) is 0 Å². The molecule has 3 aliphatic rings. The zero-order chi connectivity index (χ0) is 23.7. The van der Waals surface area contributed by atoms with Gasteiger partial charge in [-0.2, -0.15) is 5.26 Å². The van der Waals surface area contributed by atoms with Crippen LogP contribution in [-0.4, -0.2) is 21.1 Å². The number of fused-ring (bicyclic) bond motifs is 1. The number of aromatic nitrogens is 1. The highest BCUT2D eigenvalue weighted by atomic mass is 31.0. The molecule has 5 nitrogen and oxygen atoms in total. The SMILES string of the molecule is CCc1ccc2c(C#N)c(C3=NC=C(N(P)N[C@@H](C)C4CC4)CC=C3)n(C3CCCCC3)c2c1. The van der Waals surface area contributed by atoms with Crippen LogP contribution in [0.2, 0.25) is 0 Å². The monoisotopic (exact) mass is 473 g/mol. The molecule has 2 saturated carbocycles. The third kappa shape index (κ3) is 4.59. The Morgan fingerprint density at radius 1 is 1.24 bits per heavy atom. The van der Waals surface area contributed by atoms with E-state index in [1.807, 2.05) is 6.20 Å². The van der Waals surface area contributed by atoms with Gasteiger partial charge in [-0.15, -0.1) is 0 Å². The van der Waals surface area contributed by atoms with E-state index in [0.29, 0.717) is 12.1 Å². The molecule has 5 rings (SSSR count). The minimum atomic E-state index is 0.419. The van der Waals surface area contributed by atoms with E-state index in [1.54, 1.807) is 0 Å². The summed E-state index contributed by atoms with van der Waals surface area (Å²) in [5.74, 6) is 0.779. The van der Waals surface area contributed by atoms with Crippen LogP contribution in [0.15, 0.2) is 47.2 Å². The van der Waals surface area contributed by atoms with Crippen molar-refractivity contribution in [2.24, 2.45) is 10.9 Å². The molecule has 178 valence electrons. The number of hydrogen-bond acceptors (Lipinski definition) is 4. The van der Waals surface area contributed by atoms with Crippen LogP contribution in [0.1, 0.15) is 88.1 Å². The molecule has 6 heteroatoms. The number of nitriles is 1. The summed E-state index contributed by atoms with van der Waals surface area (Å²) in [7, 11) is 2.80. The Morgan fingerprint density at radius 3 is 2.74 bits per heavy atom. The molecule has 1 unspecified atom stereocenters. The topological polar surface area (TPSA) is 56.4 Å². The Balaban J connectivity index is 1.58. The van der Waals surface area contributed by atoms with Crippen molar-refractivity contribution in [3.63, 3.8) is 0 Å². The first-order valence-corrected chi connectivity index (χ1v) is 13.4. The van der Waals surface area contributed by atoms with Gasteiger partial charge in [0.25, 0.3) is 0 Å². The molecule has 2 heterocycles. The van der Waals surface area contributed by atoms with Crippen LogP contribution in [0.3, 0.4) is 0 Å². The molecule has 1 N–H and O–H groups in total. The van der Waals surface area contributed by atoms with E-state index < -0.39 is 0 Å². The van der Waals surface area contributed by atoms with Crippen molar-refractivity contribution in [1.29, 1.82) is 5.26 Å². The highest BCUT2D eigenvalue weighted by Gasteiger charge is 2.29. The van der Waals surface area contributed by atoms with Crippen molar-refractivity contribution >= 4 is 26.0 Å². The highest BCUT2D eigenvalue weighted by Crippen LogP contribution is 2.37. The molecule has 34 heavy (non-hydrogen) atoms. The fraction of sp³-hybridized carbons (Fsp3) is 0.500. The summed E-state index contributed by atoms with van der Waals surface area (Å²) in [5.41, 5.74) is 9.82. The van der Waals surface area contributed by atoms with Gasteiger partial charge < -0.3 is 4.57 Å². The summed E-state index contributed by atoms with van der Waals surface area (Å²) in [6.07, 6.45) is 16.8. The number of hydrazine groups is 1. The van der Waals surface area contributed by atoms with Gasteiger partial charge in [-0.05, 0) is 72.0 Å². The number of allylic oxidation sites excluding steroid dienone is 2. The van der Waals surface area contributed by atoms with Gasteiger partial charge in [-0.25, -0.2) is 5.43 Å².